The highest BCUT2D eigenvalue weighted by atomic mass is 16.5. The summed E-state index contributed by atoms with van der Waals surface area (Å²) in [6, 6.07) is 6.39. The van der Waals surface area contributed by atoms with Crippen molar-refractivity contribution in [2.45, 2.75) is 20.8 Å². The summed E-state index contributed by atoms with van der Waals surface area (Å²) in [4.78, 5) is 35.3. The van der Waals surface area contributed by atoms with Gasteiger partial charge in [0.15, 0.2) is 5.78 Å². The van der Waals surface area contributed by atoms with E-state index < -0.39 is 5.97 Å². The molecule has 1 aromatic rings. The third-order valence-electron chi connectivity index (χ3n) is 2.45. The number of ketones is 1. The molecule has 0 aliphatic carbocycles. The quantitative estimate of drug-likeness (QED) is 0.611. The maximum Gasteiger partial charge on any atom is 0.338 e. The summed E-state index contributed by atoms with van der Waals surface area (Å²) in [6.45, 7) is 4.83. The van der Waals surface area contributed by atoms with Crippen molar-refractivity contribution >= 4 is 23.3 Å². The van der Waals surface area contributed by atoms with Gasteiger partial charge < -0.3 is 4.74 Å². The number of hydrogen-bond donors (Lipinski definition) is 0. The predicted octanol–water partition coefficient (Wildman–Crippen LogP) is 2.32. The Kier molecular flexibility index (Phi) is 5.65. The van der Waals surface area contributed by atoms with Crippen LogP contribution in [0.5, 0.6) is 0 Å². The molecule has 20 heavy (non-hydrogen) atoms. The van der Waals surface area contributed by atoms with E-state index in [9.17, 15) is 14.4 Å². The normalized spacial score (nSPS) is 10.3. The van der Waals surface area contributed by atoms with Gasteiger partial charge in [-0.05, 0) is 44.2 Å². The molecule has 0 N–H and O–H groups in total. The molecule has 1 aromatic carbocycles. The molecule has 0 spiro atoms. The molecule has 0 heterocycles. The highest BCUT2D eigenvalue weighted by molar-refractivity contribution is 5.96. The van der Waals surface area contributed by atoms with Crippen molar-refractivity contribution in [2.24, 2.45) is 0 Å². The van der Waals surface area contributed by atoms with E-state index in [2.05, 4.69) is 0 Å². The van der Waals surface area contributed by atoms with Crippen molar-refractivity contribution in [3.63, 3.8) is 0 Å². The molecule has 0 unspecified atom stereocenters. The van der Waals surface area contributed by atoms with Crippen molar-refractivity contribution in [3.8, 4) is 0 Å². The fourth-order valence-corrected chi connectivity index (χ4v) is 1.52. The first-order chi connectivity index (χ1) is 9.45. The molecule has 0 aliphatic heterocycles. The van der Waals surface area contributed by atoms with Gasteiger partial charge in [0.1, 0.15) is 0 Å². The van der Waals surface area contributed by atoms with E-state index in [1.165, 1.54) is 31.0 Å². The smallest absolute Gasteiger partial charge is 0.338 e. The van der Waals surface area contributed by atoms with E-state index in [1.807, 2.05) is 0 Å². The number of anilines is 1. The molecule has 106 valence electrons. The summed E-state index contributed by atoms with van der Waals surface area (Å²) in [5, 5.41) is 0. The predicted molar refractivity (Wildman–Crippen MR) is 75.4 cm³/mol. The van der Waals surface area contributed by atoms with Crippen LogP contribution in [0.3, 0.4) is 0 Å². The molecule has 5 heteroatoms. The lowest BCUT2D eigenvalue weighted by atomic mass is 10.2. The van der Waals surface area contributed by atoms with Crippen molar-refractivity contribution < 1.29 is 19.1 Å². The topological polar surface area (TPSA) is 63.7 Å². The number of rotatable bonds is 5. The first-order valence-corrected chi connectivity index (χ1v) is 6.21. The van der Waals surface area contributed by atoms with Crippen LogP contribution in [-0.4, -0.2) is 24.3 Å². The first kappa shape index (κ1) is 15.6. The third-order valence-corrected chi connectivity index (χ3v) is 2.45. The summed E-state index contributed by atoms with van der Waals surface area (Å²) in [7, 11) is 0. The molecular formula is C15H17NO4. The highest BCUT2D eigenvalue weighted by Gasteiger charge is 2.11. The fourth-order valence-electron chi connectivity index (χ4n) is 1.52. The Balaban J connectivity index is 2.96. The molecule has 0 fully saturated rings. The zero-order valence-corrected chi connectivity index (χ0v) is 11.8. The number of allylic oxidation sites excluding steroid dienone is 1. The monoisotopic (exact) mass is 275 g/mol. The summed E-state index contributed by atoms with van der Waals surface area (Å²) in [5.74, 6) is -0.793. The Morgan fingerprint density at radius 1 is 1.15 bits per heavy atom. The van der Waals surface area contributed by atoms with Gasteiger partial charge >= 0.3 is 5.97 Å². The number of hydrogen-bond acceptors (Lipinski definition) is 4. The number of esters is 1. The number of benzene rings is 1. The molecule has 1 amide bonds. The van der Waals surface area contributed by atoms with E-state index in [4.69, 9.17) is 4.74 Å². The average Bonchev–Trinajstić information content (AvgIpc) is 2.39. The second-order valence-electron chi connectivity index (χ2n) is 4.08. The van der Waals surface area contributed by atoms with Crippen LogP contribution in [0.25, 0.3) is 0 Å². The lowest BCUT2D eigenvalue weighted by Gasteiger charge is -2.16. The minimum atomic E-state index is -0.410. The lowest BCUT2D eigenvalue weighted by molar-refractivity contribution is -0.116. The molecular weight excluding hydrogens is 258 g/mol. The van der Waals surface area contributed by atoms with Crippen molar-refractivity contribution in [1.29, 1.82) is 0 Å². The minimum absolute atomic E-state index is 0.153. The SMILES string of the molecule is CCOC(=O)c1ccc(N(/C=C\C(C)=O)C(C)=O)cc1. The molecule has 0 bridgehead atoms. The van der Waals surface area contributed by atoms with Crippen LogP contribution in [0.4, 0.5) is 5.69 Å². The molecule has 0 atom stereocenters. The van der Waals surface area contributed by atoms with Gasteiger partial charge in [0.25, 0.3) is 0 Å². The zero-order valence-electron chi connectivity index (χ0n) is 11.8. The molecule has 0 saturated carbocycles. The molecule has 0 aromatic heterocycles. The van der Waals surface area contributed by atoms with Crippen LogP contribution in [0.1, 0.15) is 31.1 Å². The summed E-state index contributed by atoms with van der Waals surface area (Å²) in [6.07, 6.45) is 2.71. The van der Waals surface area contributed by atoms with Crippen molar-refractivity contribution in [1.82, 2.24) is 0 Å². The van der Waals surface area contributed by atoms with Gasteiger partial charge in [0.05, 0.1) is 12.2 Å². The Morgan fingerprint density at radius 3 is 2.20 bits per heavy atom. The largest absolute Gasteiger partial charge is 0.462 e. The van der Waals surface area contributed by atoms with Gasteiger partial charge in [0.2, 0.25) is 5.91 Å². The van der Waals surface area contributed by atoms with Crippen LogP contribution in [0.15, 0.2) is 36.5 Å². The van der Waals surface area contributed by atoms with Gasteiger partial charge in [-0.2, -0.15) is 0 Å². The number of carbonyl (C=O) groups is 3. The Labute approximate surface area is 117 Å². The number of amides is 1. The minimum Gasteiger partial charge on any atom is -0.462 e. The maximum atomic E-state index is 11.5. The number of nitrogens with zero attached hydrogens (tertiary/aromatic N) is 1. The Morgan fingerprint density at radius 2 is 1.75 bits per heavy atom. The van der Waals surface area contributed by atoms with Gasteiger partial charge in [-0.3, -0.25) is 14.5 Å². The highest BCUT2D eigenvalue weighted by Crippen LogP contribution is 2.16. The first-order valence-electron chi connectivity index (χ1n) is 6.21. The Hall–Kier alpha value is -2.43. The maximum absolute atomic E-state index is 11.5. The van der Waals surface area contributed by atoms with Crippen LogP contribution >= 0.6 is 0 Å². The second kappa shape index (κ2) is 7.23. The molecule has 0 radical (unpaired) electrons. The van der Waals surface area contributed by atoms with E-state index >= 15 is 0 Å². The molecule has 1 rings (SSSR count). The van der Waals surface area contributed by atoms with Crippen LogP contribution in [0, 0.1) is 0 Å². The van der Waals surface area contributed by atoms with Gasteiger partial charge in [0, 0.05) is 18.8 Å². The summed E-state index contributed by atoms with van der Waals surface area (Å²) in [5.41, 5.74) is 0.984. The van der Waals surface area contributed by atoms with E-state index in [1.54, 1.807) is 31.2 Å². The fraction of sp³-hybridized carbons (Fsp3) is 0.267. The number of carbonyl (C=O) groups excluding carboxylic acids is 3. The molecule has 5 nitrogen and oxygen atoms in total. The van der Waals surface area contributed by atoms with Gasteiger partial charge in [-0.1, -0.05) is 0 Å². The van der Waals surface area contributed by atoms with Crippen molar-refractivity contribution in [2.75, 3.05) is 11.5 Å². The third kappa shape index (κ3) is 4.35. The van der Waals surface area contributed by atoms with Gasteiger partial charge in [-0.25, -0.2) is 4.79 Å². The standard InChI is InChI=1S/C15H17NO4/c1-4-20-15(19)13-5-7-14(8-6-13)16(12(3)18)10-9-11(2)17/h5-10H,4H2,1-3H3/b10-9-. The summed E-state index contributed by atoms with van der Waals surface area (Å²) >= 11 is 0. The van der Waals surface area contributed by atoms with Gasteiger partial charge in [-0.15, -0.1) is 0 Å². The van der Waals surface area contributed by atoms with Crippen LogP contribution in [0.2, 0.25) is 0 Å². The number of ether oxygens (including phenoxy) is 1. The molecule has 0 aliphatic rings. The molecule has 0 saturated heterocycles. The van der Waals surface area contributed by atoms with Crippen LogP contribution in [-0.2, 0) is 14.3 Å². The van der Waals surface area contributed by atoms with E-state index in [-0.39, 0.29) is 11.7 Å². The lowest BCUT2D eigenvalue weighted by Crippen LogP contribution is -2.22. The van der Waals surface area contributed by atoms with E-state index in [0.29, 0.717) is 17.9 Å². The van der Waals surface area contributed by atoms with E-state index in [0.717, 1.165) is 0 Å². The van der Waals surface area contributed by atoms with Crippen molar-refractivity contribution in [3.05, 3.63) is 42.1 Å². The second-order valence-corrected chi connectivity index (χ2v) is 4.08. The van der Waals surface area contributed by atoms with Crippen LogP contribution < -0.4 is 4.90 Å². The summed E-state index contributed by atoms with van der Waals surface area (Å²) < 4.78 is 4.88. The Bertz CT molecular complexity index is 531. The average molecular weight is 275 g/mol. The zero-order chi connectivity index (χ0) is 15.1.